The molecule has 0 aromatic rings. The third-order valence-electron chi connectivity index (χ3n) is 3.22. The van der Waals surface area contributed by atoms with Gasteiger partial charge in [0.1, 0.15) is 0 Å². The maximum atomic E-state index is 10.8. The molecule has 0 saturated heterocycles. The Hall–Kier alpha value is -0.610. The number of nitrogens with one attached hydrogen (secondary N) is 1. The number of hydrogen-bond acceptors (Lipinski definition) is 3. The third-order valence-corrected chi connectivity index (χ3v) is 3.22. The Morgan fingerprint density at radius 1 is 1.47 bits per heavy atom. The summed E-state index contributed by atoms with van der Waals surface area (Å²) in [5.41, 5.74) is 0.0351. The second-order valence-corrected chi connectivity index (χ2v) is 5.15. The Bertz CT molecular complexity index is 228. The molecule has 0 aromatic heterocycles. The molecule has 15 heavy (non-hydrogen) atoms. The van der Waals surface area contributed by atoms with Crippen molar-refractivity contribution in [2.45, 2.75) is 39.2 Å². The van der Waals surface area contributed by atoms with E-state index in [1.54, 1.807) is 0 Å². The van der Waals surface area contributed by atoms with Gasteiger partial charge >= 0.3 is 5.97 Å². The maximum absolute atomic E-state index is 10.8. The van der Waals surface area contributed by atoms with Crippen molar-refractivity contribution in [3.8, 4) is 0 Å². The highest BCUT2D eigenvalue weighted by molar-refractivity contribution is 5.72. The summed E-state index contributed by atoms with van der Waals surface area (Å²) in [5.74, 6) is -0.909. The van der Waals surface area contributed by atoms with Crippen LogP contribution in [0.15, 0.2) is 0 Å². The van der Waals surface area contributed by atoms with Gasteiger partial charge in [0.25, 0.3) is 0 Å². The standard InChI is InChI=1S/C11H21NO3/c1-11(2,5-6-13)7-12-9-4-3-8(9)10(14)15/h8-9,12-13H,3-7H2,1-2H3,(H,14,15). The smallest absolute Gasteiger partial charge is 0.308 e. The number of aliphatic hydroxyl groups excluding tert-OH is 1. The highest BCUT2D eigenvalue weighted by Gasteiger charge is 2.36. The minimum Gasteiger partial charge on any atom is -0.481 e. The van der Waals surface area contributed by atoms with E-state index in [1.165, 1.54) is 0 Å². The van der Waals surface area contributed by atoms with E-state index in [2.05, 4.69) is 19.2 Å². The lowest BCUT2D eigenvalue weighted by atomic mass is 9.78. The second kappa shape index (κ2) is 4.94. The number of rotatable bonds is 6. The first-order valence-corrected chi connectivity index (χ1v) is 5.53. The van der Waals surface area contributed by atoms with E-state index in [1.807, 2.05) is 0 Å². The van der Waals surface area contributed by atoms with Crippen LogP contribution >= 0.6 is 0 Å². The Morgan fingerprint density at radius 2 is 2.13 bits per heavy atom. The molecule has 3 N–H and O–H groups in total. The van der Waals surface area contributed by atoms with Gasteiger partial charge in [-0.15, -0.1) is 0 Å². The molecule has 0 aromatic carbocycles. The molecule has 0 aliphatic heterocycles. The van der Waals surface area contributed by atoms with E-state index in [9.17, 15) is 4.79 Å². The number of carboxylic acids is 1. The minimum atomic E-state index is -0.696. The molecular weight excluding hydrogens is 194 g/mol. The highest BCUT2D eigenvalue weighted by Crippen LogP contribution is 2.29. The second-order valence-electron chi connectivity index (χ2n) is 5.15. The summed E-state index contributed by atoms with van der Waals surface area (Å²) in [6.45, 7) is 5.10. The maximum Gasteiger partial charge on any atom is 0.308 e. The van der Waals surface area contributed by atoms with Crippen molar-refractivity contribution in [3.63, 3.8) is 0 Å². The van der Waals surface area contributed by atoms with Crippen LogP contribution in [0.4, 0.5) is 0 Å². The van der Waals surface area contributed by atoms with Gasteiger partial charge in [-0.2, -0.15) is 0 Å². The first-order valence-electron chi connectivity index (χ1n) is 5.53. The Morgan fingerprint density at radius 3 is 2.53 bits per heavy atom. The van der Waals surface area contributed by atoms with Gasteiger partial charge in [0, 0.05) is 19.2 Å². The normalized spacial score (nSPS) is 26.1. The predicted octanol–water partition coefficient (Wildman–Crippen LogP) is 0.848. The molecule has 1 saturated carbocycles. The zero-order valence-electron chi connectivity index (χ0n) is 9.49. The van der Waals surface area contributed by atoms with Crippen LogP contribution in [0.25, 0.3) is 0 Å². The molecule has 0 radical (unpaired) electrons. The fraction of sp³-hybridized carbons (Fsp3) is 0.909. The van der Waals surface area contributed by atoms with Crippen LogP contribution in [0.5, 0.6) is 0 Å². The molecule has 2 atom stereocenters. The molecule has 1 aliphatic carbocycles. The van der Waals surface area contributed by atoms with Gasteiger partial charge in [0.15, 0.2) is 0 Å². The SMILES string of the molecule is CC(C)(CCO)CNC1CCC1C(=O)O. The zero-order valence-corrected chi connectivity index (χ0v) is 9.49. The Kier molecular flexibility index (Phi) is 4.11. The minimum absolute atomic E-state index is 0.0351. The lowest BCUT2D eigenvalue weighted by Crippen LogP contribution is -2.50. The van der Waals surface area contributed by atoms with Gasteiger partial charge in [0.05, 0.1) is 5.92 Å². The molecule has 1 fully saturated rings. The van der Waals surface area contributed by atoms with Gasteiger partial charge in [0.2, 0.25) is 0 Å². The molecule has 2 unspecified atom stereocenters. The van der Waals surface area contributed by atoms with Crippen LogP contribution in [-0.2, 0) is 4.79 Å². The van der Waals surface area contributed by atoms with Crippen LogP contribution < -0.4 is 5.32 Å². The summed E-state index contributed by atoms with van der Waals surface area (Å²) in [6.07, 6.45) is 2.48. The van der Waals surface area contributed by atoms with Crippen molar-refractivity contribution >= 4 is 5.97 Å². The molecule has 0 heterocycles. The van der Waals surface area contributed by atoms with Crippen molar-refractivity contribution in [2.24, 2.45) is 11.3 Å². The number of carboxylic acid groups (broad SMARTS) is 1. The summed E-state index contributed by atoms with van der Waals surface area (Å²) in [4.78, 5) is 10.8. The predicted molar refractivity (Wildman–Crippen MR) is 57.6 cm³/mol. The van der Waals surface area contributed by atoms with Crippen molar-refractivity contribution in [3.05, 3.63) is 0 Å². The van der Waals surface area contributed by atoms with Gasteiger partial charge < -0.3 is 15.5 Å². The molecule has 0 spiro atoms. The first kappa shape index (κ1) is 12.5. The van der Waals surface area contributed by atoms with Crippen LogP contribution in [0, 0.1) is 11.3 Å². The Labute approximate surface area is 90.7 Å². The summed E-state index contributed by atoms with van der Waals surface area (Å²) in [6, 6.07) is 0.125. The summed E-state index contributed by atoms with van der Waals surface area (Å²) >= 11 is 0. The van der Waals surface area contributed by atoms with E-state index >= 15 is 0 Å². The van der Waals surface area contributed by atoms with Gasteiger partial charge in [-0.3, -0.25) is 4.79 Å². The first-order chi connectivity index (χ1) is 6.96. The van der Waals surface area contributed by atoms with Crippen LogP contribution in [0.2, 0.25) is 0 Å². The fourth-order valence-electron chi connectivity index (χ4n) is 1.84. The fourth-order valence-corrected chi connectivity index (χ4v) is 1.84. The number of aliphatic hydroxyl groups is 1. The number of carbonyl (C=O) groups is 1. The monoisotopic (exact) mass is 215 g/mol. The van der Waals surface area contributed by atoms with E-state index in [4.69, 9.17) is 10.2 Å². The molecule has 0 bridgehead atoms. The molecule has 0 amide bonds. The number of aliphatic carboxylic acids is 1. The average Bonchev–Trinajstić information content (AvgIpc) is 2.00. The van der Waals surface area contributed by atoms with E-state index < -0.39 is 5.97 Å². The lowest BCUT2D eigenvalue weighted by Gasteiger charge is -2.37. The lowest BCUT2D eigenvalue weighted by molar-refractivity contribution is -0.146. The van der Waals surface area contributed by atoms with Crippen molar-refractivity contribution in [1.82, 2.24) is 5.32 Å². The van der Waals surface area contributed by atoms with Crippen LogP contribution in [-0.4, -0.2) is 35.4 Å². The van der Waals surface area contributed by atoms with Crippen molar-refractivity contribution in [2.75, 3.05) is 13.2 Å². The summed E-state index contributed by atoms with van der Waals surface area (Å²) in [7, 11) is 0. The van der Waals surface area contributed by atoms with Gasteiger partial charge in [-0.25, -0.2) is 0 Å². The molecule has 4 nitrogen and oxygen atoms in total. The summed E-state index contributed by atoms with van der Waals surface area (Å²) < 4.78 is 0. The average molecular weight is 215 g/mol. The quantitative estimate of drug-likeness (QED) is 0.614. The Balaban J connectivity index is 2.28. The molecule has 1 aliphatic rings. The van der Waals surface area contributed by atoms with Crippen LogP contribution in [0.1, 0.15) is 33.1 Å². The molecule has 1 rings (SSSR count). The van der Waals surface area contributed by atoms with Crippen molar-refractivity contribution in [1.29, 1.82) is 0 Å². The van der Waals surface area contributed by atoms with E-state index in [0.29, 0.717) is 0 Å². The molecule has 88 valence electrons. The number of hydrogen-bond donors (Lipinski definition) is 3. The third kappa shape index (κ3) is 3.47. The van der Waals surface area contributed by atoms with E-state index in [0.717, 1.165) is 25.8 Å². The van der Waals surface area contributed by atoms with Gasteiger partial charge in [-0.05, 0) is 24.7 Å². The highest BCUT2D eigenvalue weighted by atomic mass is 16.4. The molecular formula is C11H21NO3. The largest absolute Gasteiger partial charge is 0.481 e. The zero-order chi connectivity index (χ0) is 11.5. The molecule has 4 heteroatoms. The van der Waals surface area contributed by atoms with Crippen LogP contribution in [0.3, 0.4) is 0 Å². The topological polar surface area (TPSA) is 69.6 Å². The van der Waals surface area contributed by atoms with Gasteiger partial charge in [-0.1, -0.05) is 13.8 Å². The summed E-state index contributed by atoms with van der Waals surface area (Å²) in [5, 5.41) is 21.0. The van der Waals surface area contributed by atoms with E-state index in [-0.39, 0.29) is 24.0 Å². The van der Waals surface area contributed by atoms with Crippen molar-refractivity contribution < 1.29 is 15.0 Å².